The number of rotatable bonds is 2. The van der Waals surface area contributed by atoms with Crippen LogP contribution in [0.15, 0.2) is 11.1 Å². The summed E-state index contributed by atoms with van der Waals surface area (Å²) < 4.78 is 6.64. The Hall–Kier alpha value is -0.710. The molecule has 0 aromatic rings. The van der Waals surface area contributed by atoms with Crippen molar-refractivity contribution in [3.8, 4) is 0 Å². The monoisotopic (exact) mass is 472 g/mol. The van der Waals surface area contributed by atoms with Gasteiger partial charge >= 0.3 is 0 Å². The molecule has 4 aliphatic carbocycles. The van der Waals surface area contributed by atoms with Gasteiger partial charge < -0.3 is 14.9 Å². The third-order valence-electron chi connectivity index (χ3n) is 12.2. The number of hydrogen-bond donors (Lipinski definition) is 2. The van der Waals surface area contributed by atoms with E-state index in [1.807, 2.05) is 13.8 Å². The van der Waals surface area contributed by atoms with Crippen molar-refractivity contribution < 1.29 is 19.7 Å². The first-order valence-electron chi connectivity index (χ1n) is 13.9. The van der Waals surface area contributed by atoms with Gasteiger partial charge in [-0.05, 0) is 94.3 Å². The summed E-state index contributed by atoms with van der Waals surface area (Å²) in [6.45, 7) is 17.5. The standard InChI is InChI=1S/C30H48O4/c1-25(2)21-10-9-19-18(27(21,5)14-12-22(25)32)11-15-28(6)24(20(31)17-29(19,28)7)30(8)16-13-23(34-30)26(3,4)33/h20-21,23-24,31,33H,9-17H2,1-8H3/t20-,21+,23-,24+,27-,28-,29+,30+/m1/s1. The van der Waals surface area contributed by atoms with Crippen LogP contribution in [0.5, 0.6) is 0 Å². The van der Waals surface area contributed by atoms with Gasteiger partial charge in [0.2, 0.25) is 0 Å². The summed E-state index contributed by atoms with van der Waals surface area (Å²) in [4.78, 5) is 12.9. The zero-order valence-corrected chi connectivity index (χ0v) is 22.9. The number of aliphatic hydroxyl groups excluding tert-OH is 1. The molecule has 3 fully saturated rings. The molecule has 2 saturated carbocycles. The van der Waals surface area contributed by atoms with Crippen molar-refractivity contribution in [3.63, 3.8) is 0 Å². The van der Waals surface area contributed by atoms with Crippen molar-refractivity contribution in [1.29, 1.82) is 0 Å². The maximum atomic E-state index is 12.9. The van der Waals surface area contributed by atoms with Crippen molar-refractivity contribution in [3.05, 3.63) is 11.1 Å². The van der Waals surface area contributed by atoms with Crippen LogP contribution in [-0.4, -0.2) is 39.4 Å². The predicted molar refractivity (Wildman–Crippen MR) is 134 cm³/mol. The minimum atomic E-state index is -0.869. The van der Waals surface area contributed by atoms with E-state index in [9.17, 15) is 15.0 Å². The van der Waals surface area contributed by atoms with Gasteiger partial charge in [0.15, 0.2) is 0 Å². The van der Waals surface area contributed by atoms with Gasteiger partial charge in [-0.15, -0.1) is 0 Å². The predicted octanol–water partition coefficient (Wildman–Crippen LogP) is 5.98. The number of carbonyl (C=O) groups excluding carboxylic acids is 1. The second-order valence-corrected chi connectivity index (χ2v) is 14.7. The van der Waals surface area contributed by atoms with Crippen LogP contribution in [0, 0.1) is 33.5 Å². The summed E-state index contributed by atoms with van der Waals surface area (Å²) in [6.07, 6.45) is 7.88. The Balaban J connectivity index is 1.54. The Morgan fingerprint density at radius 1 is 0.912 bits per heavy atom. The minimum absolute atomic E-state index is 0.0440. The van der Waals surface area contributed by atoms with E-state index in [2.05, 4.69) is 41.5 Å². The molecule has 0 bridgehead atoms. The van der Waals surface area contributed by atoms with Gasteiger partial charge in [0.05, 0.1) is 23.4 Å². The zero-order valence-electron chi connectivity index (χ0n) is 22.9. The molecule has 0 aromatic heterocycles. The zero-order chi connectivity index (χ0) is 25.1. The van der Waals surface area contributed by atoms with Crippen LogP contribution in [0.2, 0.25) is 0 Å². The third-order valence-corrected chi connectivity index (χ3v) is 12.2. The topological polar surface area (TPSA) is 66.8 Å². The molecule has 8 atom stereocenters. The average molecular weight is 473 g/mol. The van der Waals surface area contributed by atoms with Gasteiger partial charge in [-0.1, -0.05) is 45.8 Å². The molecule has 0 spiro atoms. The Morgan fingerprint density at radius 3 is 2.21 bits per heavy atom. The van der Waals surface area contributed by atoms with E-state index in [-0.39, 0.29) is 33.7 Å². The Morgan fingerprint density at radius 2 is 1.59 bits per heavy atom. The molecule has 0 amide bonds. The maximum Gasteiger partial charge on any atom is 0.138 e. The fraction of sp³-hybridized carbons (Fsp3) is 0.900. The summed E-state index contributed by atoms with van der Waals surface area (Å²) in [7, 11) is 0. The summed E-state index contributed by atoms with van der Waals surface area (Å²) in [5, 5.41) is 22.3. The van der Waals surface area contributed by atoms with Crippen molar-refractivity contribution in [2.75, 3.05) is 0 Å². The molecule has 1 heterocycles. The average Bonchev–Trinajstić information content (AvgIpc) is 3.20. The van der Waals surface area contributed by atoms with Crippen molar-refractivity contribution in [1.82, 2.24) is 0 Å². The van der Waals surface area contributed by atoms with E-state index in [4.69, 9.17) is 4.74 Å². The lowest BCUT2D eigenvalue weighted by Gasteiger charge is -2.61. The Bertz CT molecular complexity index is 927. The fourth-order valence-corrected chi connectivity index (χ4v) is 10.2. The lowest BCUT2D eigenvalue weighted by Crippen LogP contribution is -2.55. The molecule has 4 heteroatoms. The molecule has 0 radical (unpaired) electrons. The number of carbonyl (C=O) groups is 1. The molecule has 192 valence electrons. The number of hydrogen-bond acceptors (Lipinski definition) is 4. The van der Waals surface area contributed by atoms with E-state index in [0.717, 1.165) is 51.4 Å². The number of allylic oxidation sites excluding steroid dienone is 2. The highest BCUT2D eigenvalue weighted by atomic mass is 16.5. The molecular weight excluding hydrogens is 424 g/mol. The van der Waals surface area contributed by atoms with E-state index in [1.54, 1.807) is 11.1 Å². The summed E-state index contributed by atoms with van der Waals surface area (Å²) in [6, 6.07) is 0. The lowest BCUT2D eigenvalue weighted by molar-refractivity contribution is -0.170. The highest BCUT2D eigenvalue weighted by molar-refractivity contribution is 5.85. The normalized spacial score (nSPS) is 50.7. The molecule has 4 nitrogen and oxygen atoms in total. The molecule has 5 aliphatic rings. The van der Waals surface area contributed by atoms with Gasteiger partial charge in [0, 0.05) is 17.8 Å². The van der Waals surface area contributed by atoms with E-state index in [1.165, 1.54) is 0 Å². The van der Waals surface area contributed by atoms with Crippen LogP contribution in [-0.2, 0) is 9.53 Å². The molecule has 1 aliphatic heterocycles. The first-order chi connectivity index (χ1) is 15.5. The third kappa shape index (κ3) is 3.03. The van der Waals surface area contributed by atoms with Crippen LogP contribution < -0.4 is 0 Å². The van der Waals surface area contributed by atoms with Gasteiger partial charge in [-0.25, -0.2) is 0 Å². The molecule has 2 N–H and O–H groups in total. The number of ketones is 1. The van der Waals surface area contributed by atoms with Crippen molar-refractivity contribution in [2.45, 2.75) is 137 Å². The van der Waals surface area contributed by atoms with Gasteiger partial charge in [0.1, 0.15) is 5.78 Å². The van der Waals surface area contributed by atoms with Crippen LogP contribution in [0.4, 0.5) is 0 Å². The fourth-order valence-electron chi connectivity index (χ4n) is 10.2. The first-order valence-corrected chi connectivity index (χ1v) is 13.9. The van der Waals surface area contributed by atoms with Gasteiger partial charge in [-0.2, -0.15) is 0 Å². The van der Waals surface area contributed by atoms with Crippen LogP contribution >= 0.6 is 0 Å². The van der Waals surface area contributed by atoms with Gasteiger partial charge in [-0.3, -0.25) is 4.79 Å². The number of fused-ring (bicyclic) bond motifs is 4. The molecule has 0 unspecified atom stereocenters. The molecule has 5 rings (SSSR count). The smallest absolute Gasteiger partial charge is 0.138 e. The SMILES string of the molecule is CC(C)(O)[C@H]1CC[C@@](C)([C@H]2[C@H](O)C[C@@]3(C)C4=C(CC[C@]23C)[C@@]2(C)CCC(=O)C(C)(C)[C@@H]2CC4)O1. The van der Waals surface area contributed by atoms with E-state index >= 15 is 0 Å². The molecular formula is C30H48O4. The van der Waals surface area contributed by atoms with Crippen molar-refractivity contribution in [2.24, 2.45) is 33.5 Å². The maximum absolute atomic E-state index is 12.9. The summed E-state index contributed by atoms with van der Waals surface area (Å²) in [5.74, 6) is 0.912. The molecule has 34 heavy (non-hydrogen) atoms. The highest BCUT2D eigenvalue weighted by Crippen LogP contribution is 2.73. The summed E-state index contributed by atoms with van der Waals surface area (Å²) >= 11 is 0. The van der Waals surface area contributed by atoms with E-state index in [0.29, 0.717) is 18.1 Å². The van der Waals surface area contributed by atoms with Crippen LogP contribution in [0.1, 0.15) is 113 Å². The first kappa shape index (κ1) is 25.0. The largest absolute Gasteiger partial charge is 0.393 e. The number of aliphatic hydroxyl groups is 2. The molecule has 0 aromatic carbocycles. The number of ether oxygens (including phenoxy) is 1. The van der Waals surface area contributed by atoms with Crippen LogP contribution in [0.3, 0.4) is 0 Å². The van der Waals surface area contributed by atoms with Gasteiger partial charge in [0.25, 0.3) is 0 Å². The number of Topliss-reactive ketones (excluding diaryl/α,β-unsaturated/α-hetero) is 1. The second kappa shape index (κ2) is 7.19. The minimum Gasteiger partial charge on any atom is -0.393 e. The quantitative estimate of drug-likeness (QED) is 0.485. The lowest BCUT2D eigenvalue weighted by atomic mass is 9.43. The molecule has 1 saturated heterocycles. The van der Waals surface area contributed by atoms with Crippen LogP contribution in [0.25, 0.3) is 0 Å². The second-order valence-electron chi connectivity index (χ2n) is 14.7. The Labute approximate surface area is 206 Å². The Kier molecular flexibility index (Phi) is 5.28. The van der Waals surface area contributed by atoms with Crippen molar-refractivity contribution >= 4 is 5.78 Å². The highest BCUT2D eigenvalue weighted by Gasteiger charge is 2.69. The van der Waals surface area contributed by atoms with E-state index < -0.39 is 17.3 Å². The summed E-state index contributed by atoms with van der Waals surface area (Å²) in [5.41, 5.74) is 1.69.